The highest BCUT2D eigenvalue weighted by atomic mass is 32.2. The van der Waals surface area contributed by atoms with E-state index in [0.717, 1.165) is 35.2 Å². The molecule has 4 rings (SSSR count). The molecule has 1 aliphatic rings. The highest BCUT2D eigenvalue weighted by Crippen LogP contribution is 2.37. The number of hydrogen-bond donors (Lipinski definition) is 2. The van der Waals surface area contributed by atoms with Crippen LogP contribution in [0.25, 0.3) is 10.9 Å². The Kier molecular flexibility index (Phi) is 4.66. The minimum Gasteiger partial charge on any atom is -0.493 e. The second kappa shape index (κ2) is 7.04. The van der Waals surface area contributed by atoms with Gasteiger partial charge in [-0.05, 0) is 36.2 Å². The van der Waals surface area contributed by atoms with Gasteiger partial charge in [0, 0.05) is 35.5 Å². The maximum Gasteiger partial charge on any atom is 0.252 e. The van der Waals surface area contributed by atoms with E-state index in [-0.39, 0.29) is 10.5 Å². The number of carbonyl (C=O) groups excluding carboxylic acids is 1. The Morgan fingerprint density at radius 1 is 1.31 bits per heavy atom. The summed E-state index contributed by atoms with van der Waals surface area (Å²) in [7, 11) is -3.45. The fraction of sp³-hybridized carbons (Fsp3) is 0.238. The summed E-state index contributed by atoms with van der Waals surface area (Å²) in [4.78, 5) is 16.7. The van der Waals surface area contributed by atoms with Crippen LogP contribution in [0.1, 0.15) is 28.4 Å². The first-order valence-electron chi connectivity index (χ1n) is 9.26. The zero-order valence-electron chi connectivity index (χ0n) is 16.2. The van der Waals surface area contributed by atoms with Crippen LogP contribution in [0.15, 0.2) is 41.4 Å². The average molecular weight is 411 g/mol. The zero-order valence-corrected chi connectivity index (χ0v) is 17.0. The first kappa shape index (κ1) is 19.2. The van der Waals surface area contributed by atoms with E-state index in [0.29, 0.717) is 29.6 Å². The first-order valence-corrected chi connectivity index (χ1v) is 11.2. The third-order valence-corrected chi connectivity index (χ3v) is 6.19. The number of nitrogens with two attached hydrogens (primary N) is 1. The van der Waals surface area contributed by atoms with Crippen molar-refractivity contribution in [1.82, 2.24) is 4.98 Å². The number of primary amides is 1. The molecule has 7 nitrogen and oxygen atoms in total. The van der Waals surface area contributed by atoms with E-state index in [1.807, 2.05) is 25.1 Å². The minimum absolute atomic E-state index is 0.176. The van der Waals surface area contributed by atoms with Crippen molar-refractivity contribution < 1.29 is 17.9 Å². The Labute approximate surface area is 168 Å². The van der Waals surface area contributed by atoms with Crippen LogP contribution in [0.5, 0.6) is 5.75 Å². The minimum atomic E-state index is -3.45. The fourth-order valence-corrected chi connectivity index (χ4v) is 4.31. The molecule has 0 bridgehead atoms. The van der Waals surface area contributed by atoms with Gasteiger partial charge in [0.1, 0.15) is 5.75 Å². The SMILES string of the molecule is CCc1cc(S(C)(=O)=O)cc2c(Nc3cccc4c3CCO4)c(C(N)=O)cnc12. The van der Waals surface area contributed by atoms with Crippen molar-refractivity contribution in [2.24, 2.45) is 5.73 Å². The number of benzene rings is 2. The van der Waals surface area contributed by atoms with Crippen molar-refractivity contribution >= 4 is 38.0 Å². The number of anilines is 2. The van der Waals surface area contributed by atoms with Crippen LogP contribution in [0.3, 0.4) is 0 Å². The molecule has 0 fully saturated rings. The highest BCUT2D eigenvalue weighted by Gasteiger charge is 2.21. The number of nitrogens with one attached hydrogen (secondary N) is 1. The molecule has 3 N–H and O–H groups in total. The van der Waals surface area contributed by atoms with Gasteiger partial charge in [0.15, 0.2) is 9.84 Å². The van der Waals surface area contributed by atoms with E-state index >= 15 is 0 Å². The van der Waals surface area contributed by atoms with Gasteiger partial charge in [0.05, 0.1) is 28.3 Å². The fourth-order valence-electron chi connectivity index (χ4n) is 3.63. The van der Waals surface area contributed by atoms with Gasteiger partial charge in [-0.2, -0.15) is 0 Å². The standard InChI is InChI=1S/C21H21N3O4S/c1-3-12-9-13(29(2,26)27)10-15-19(12)23-11-16(21(22)25)20(15)24-17-5-4-6-18-14(17)7-8-28-18/h4-6,9-11H,3,7-8H2,1-2H3,(H2,22,25)(H,23,24). The molecule has 0 spiro atoms. The zero-order chi connectivity index (χ0) is 20.8. The number of pyridine rings is 1. The van der Waals surface area contributed by atoms with E-state index in [9.17, 15) is 13.2 Å². The molecule has 0 radical (unpaired) electrons. The maximum atomic E-state index is 12.2. The van der Waals surface area contributed by atoms with Crippen LogP contribution in [-0.4, -0.2) is 32.2 Å². The van der Waals surface area contributed by atoms with E-state index in [1.165, 1.54) is 6.20 Å². The lowest BCUT2D eigenvalue weighted by Crippen LogP contribution is -2.15. The summed E-state index contributed by atoms with van der Waals surface area (Å²) in [6.45, 7) is 2.52. The molecule has 1 amide bonds. The van der Waals surface area contributed by atoms with E-state index in [1.54, 1.807) is 12.1 Å². The molecule has 0 atom stereocenters. The largest absolute Gasteiger partial charge is 0.493 e. The van der Waals surface area contributed by atoms with E-state index in [4.69, 9.17) is 10.5 Å². The number of nitrogens with zero attached hydrogens (tertiary/aromatic N) is 1. The van der Waals surface area contributed by atoms with Crippen molar-refractivity contribution in [1.29, 1.82) is 0 Å². The monoisotopic (exact) mass is 411 g/mol. The summed E-state index contributed by atoms with van der Waals surface area (Å²) < 4.78 is 30.1. The van der Waals surface area contributed by atoms with Gasteiger partial charge in [-0.3, -0.25) is 9.78 Å². The quantitative estimate of drug-likeness (QED) is 0.668. The summed E-state index contributed by atoms with van der Waals surface area (Å²) >= 11 is 0. The molecular formula is C21H21N3O4S. The van der Waals surface area contributed by atoms with Gasteiger partial charge in [0.25, 0.3) is 5.91 Å². The Morgan fingerprint density at radius 2 is 2.10 bits per heavy atom. The number of carbonyl (C=O) groups is 1. The highest BCUT2D eigenvalue weighted by molar-refractivity contribution is 7.90. The number of aromatic nitrogens is 1. The van der Waals surface area contributed by atoms with Gasteiger partial charge in [-0.25, -0.2) is 8.42 Å². The van der Waals surface area contributed by atoms with Gasteiger partial charge >= 0.3 is 0 Å². The molecule has 0 unspecified atom stereocenters. The lowest BCUT2D eigenvalue weighted by Gasteiger charge is -2.17. The molecular weight excluding hydrogens is 390 g/mol. The Hall–Kier alpha value is -3.13. The Bertz CT molecular complexity index is 1250. The molecule has 2 aromatic carbocycles. The number of hydrogen-bond acceptors (Lipinski definition) is 6. The van der Waals surface area contributed by atoms with Crippen LogP contribution in [-0.2, 0) is 22.7 Å². The molecule has 0 saturated heterocycles. The van der Waals surface area contributed by atoms with Crippen LogP contribution < -0.4 is 15.8 Å². The number of amides is 1. The second-order valence-corrected chi connectivity index (χ2v) is 9.04. The van der Waals surface area contributed by atoms with Gasteiger partial charge in [0.2, 0.25) is 0 Å². The van der Waals surface area contributed by atoms with Crippen LogP contribution in [0, 0.1) is 0 Å². The van der Waals surface area contributed by atoms with Crippen LogP contribution in [0.2, 0.25) is 0 Å². The molecule has 1 aliphatic heterocycles. The molecule has 150 valence electrons. The molecule has 3 aromatic rings. The lowest BCUT2D eigenvalue weighted by atomic mass is 10.0. The number of ether oxygens (including phenoxy) is 1. The Morgan fingerprint density at radius 3 is 2.79 bits per heavy atom. The van der Waals surface area contributed by atoms with Crippen molar-refractivity contribution in [2.75, 3.05) is 18.2 Å². The van der Waals surface area contributed by atoms with E-state index < -0.39 is 15.7 Å². The summed E-state index contributed by atoms with van der Waals surface area (Å²) in [6.07, 6.45) is 3.93. The van der Waals surface area contributed by atoms with Gasteiger partial charge < -0.3 is 15.8 Å². The second-order valence-electron chi connectivity index (χ2n) is 7.02. The summed E-state index contributed by atoms with van der Waals surface area (Å²) in [6, 6.07) is 8.83. The smallest absolute Gasteiger partial charge is 0.252 e. The third kappa shape index (κ3) is 3.40. The molecule has 2 heterocycles. The van der Waals surface area contributed by atoms with Crippen molar-refractivity contribution in [3.8, 4) is 5.75 Å². The third-order valence-electron chi connectivity index (χ3n) is 5.10. The molecule has 0 saturated carbocycles. The van der Waals surface area contributed by atoms with Crippen molar-refractivity contribution in [3.05, 3.63) is 53.2 Å². The topological polar surface area (TPSA) is 111 Å². The van der Waals surface area contributed by atoms with Gasteiger partial charge in [-0.1, -0.05) is 13.0 Å². The number of aryl methyl sites for hydroxylation is 1. The summed E-state index contributed by atoms with van der Waals surface area (Å²) in [5.74, 6) is 0.147. The maximum absolute atomic E-state index is 12.2. The predicted molar refractivity (Wildman–Crippen MR) is 112 cm³/mol. The summed E-state index contributed by atoms with van der Waals surface area (Å²) in [5.41, 5.74) is 9.46. The summed E-state index contributed by atoms with van der Waals surface area (Å²) in [5, 5.41) is 3.85. The lowest BCUT2D eigenvalue weighted by molar-refractivity contribution is 0.100. The Balaban J connectivity index is 2.01. The van der Waals surface area contributed by atoms with Crippen molar-refractivity contribution in [3.63, 3.8) is 0 Å². The molecule has 8 heteroatoms. The molecule has 0 aliphatic carbocycles. The van der Waals surface area contributed by atoms with Gasteiger partial charge in [-0.15, -0.1) is 0 Å². The number of fused-ring (bicyclic) bond motifs is 2. The normalized spacial score (nSPS) is 13.2. The molecule has 29 heavy (non-hydrogen) atoms. The van der Waals surface area contributed by atoms with Crippen molar-refractivity contribution in [2.45, 2.75) is 24.7 Å². The number of sulfone groups is 1. The molecule has 1 aromatic heterocycles. The van der Waals surface area contributed by atoms with Crippen LogP contribution in [0.4, 0.5) is 11.4 Å². The first-order chi connectivity index (χ1) is 13.8. The van der Waals surface area contributed by atoms with Crippen LogP contribution >= 0.6 is 0 Å². The predicted octanol–water partition coefficient (Wildman–Crippen LogP) is 2.98. The van der Waals surface area contributed by atoms with E-state index in [2.05, 4.69) is 10.3 Å². The number of rotatable bonds is 5. The average Bonchev–Trinajstić information content (AvgIpc) is 3.16.